The fraction of sp³-hybridized carbons (Fsp3) is 0.500. The van der Waals surface area contributed by atoms with Gasteiger partial charge in [0.1, 0.15) is 5.75 Å². The highest BCUT2D eigenvalue weighted by molar-refractivity contribution is 7.91. The molecule has 1 aliphatic heterocycles. The predicted octanol–water partition coefficient (Wildman–Crippen LogP) is 6.63. The number of methoxy groups -OCH3 is 2. The van der Waals surface area contributed by atoms with E-state index in [-0.39, 0.29) is 34.3 Å². The number of rotatable bonds is 9. The summed E-state index contributed by atoms with van der Waals surface area (Å²) in [6, 6.07) is 13.5. The van der Waals surface area contributed by atoms with Crippen molar-refractivity contribution < 1.29 is 27.4 Å². The molecule has 3 aromatic rings. The van der Waals surface area contributed by atoms with Crippen molar-refractivity contribution >= 4 is 33.1 Å². The number of anilines is 1. The number of halogens is 1. The monoisotopic (exact) mass is 705 g/mol. The highest BCUT2D eigenvalue weighted by Gasteiger charge is 2.45. The first-order valence-electron chi connectivity index (χ1n) is 17.3. The molecule has 2 heterocycles. The van der Waals surface area contributed by atoms with Gasteiger partial charge in [-0.1, -0.05) is 23.7 Å². The summed E-state index contributed by atoms with van der Waals surface area (Å²) in [5.74, 6) is 1.19. The van der Waals surface area contributed by atoms with Crippen LogP contribution in [0.1, 0.15) is 66.4 Å². The van der Waals surface area contributed by atoms with Crippen LogP contribution in [0.15, 0.2) is 71.7 Å². The number of ether oxygens (including phenoxy) is 3. The maximum atomic E-state index is 12.9. The minimum absolute atomic E-state index is 0.0225. The van der Waals surface area contributed by atoms with Crippen molar-refractivity contribution in [3.05, 3.63) is 88.2 Å². The van der Waals surface area contributed by atoms with Gasteiger partial charge in [-0.2, -0.15) is 0 Å². The zero-order valence-electron chi connectivity index (χ0n) is 28.1. The molecule has 0 amide bonds. The third-order valence-electron chi connectivity index (χ3n) is 11.2. The summed E-state index contributed by atoms with van der Waals surface area (Å²) in [5.41, 5.74) is 5.07. The molecule has 7 rings (SSSR count). The van der Waals surface area contributed by atoms with Crippen molar-refractivity contribution in [3.8, 4) is 5.75 Å². The second kappa shape index (κ2) is 14.0. The lowest BCUT2D eigenvalue weighted by Gasteiger charge is -2.47. The number of aromatic nitrogens is 2. The van der Waals surface area contributed by atoms with Crippen LogP contribution in [0.4, 0.5) is 5.69 Å². The smallest absolute Gasteiger partial charge is 0.337 e. The van der Waals surface area contributed by atoms with Crippen molar-refractivity contribution in [2.24, 2.45) is 17.8 Å². The fourth-order valence-corrected chi connectivity index (χ4v) is 10.3. The van der Waals surface area contributed by atoms with Gasteiger partial charge in [0.15, 0.2) is 0 Å². The van der Waals surface area contributed by atoms with Crippen LogP contribution in [0, 0.1) is 17.8 Å². The average Bonchev–Trinajstić information content (AvgIpc) is 3.26. The molecule has 0 radical (unpaired) electrons. The third-order valence-corrected chi connectivity index (χ3v) is 13.1. The lowest BCUT2D eigenvalue weighted by Crippen LogP contribution is -2.50. The van der Waals surface area contributed by atoms with Crippen LogP contribution in [-0.4, -0.2) is 70.1 Å². The van der Waals surface area contributed by atoms with Gasteiger partial charge in [-0.25, -0.2) is 23.2 Å². The van der Waals surface area contributed by atoms with Gasteiger partial charge in [0, 0.05) is 43.0 Å². The maximum absolute atomic E-state index is 12.9. The number of fused-ring (bicyclic) bond motifs is 3. The van der Waals surface area contributed by atoms with Crippen LogP contribution in [0.3, 0.4) is 0 Å². The molecule has 1 spiro atoms. The van der Waals surface area contributed by atoms with Crippen LogP contribution in [0.2, 0.25) is 5.02 Å². The van der Waals surface area contributed by atoms with Gasteiger partial charge in [0.25, 0.3) is 0 Å². The molecule has 1 saturated carbocycles. The number of benzene rings is 2. The summed E-state index contributed by atoms with van der Waals surface area (Å²) < 4.78 is 43.8. The Bertz CT molecular complexity index is 1840. The molecule has 0 bridgehead atoms. The average molecular weight is 706 g/mol. The Morgan fingerprint density at radius 1 is 1.10 bits per heavy atom. The summed E-state index contributed by atoms with van der Waals surface area (Å²) >= 11 is 6.45. The minimum atomic E-state index is -3.54. The summed E-state index contributed by atoms with van der Waals surface area (Å²) in [6.07, 6.45) is 12.6. The fourth-order valence-electron chi connectivity index (χ4n) is 8.61. The van der Waals surface area contributed by atoms with Crippen molar-refractivity contribution in [1.82, 2.24) is 9.97 Å². The van der Waals surface area contributed by atoms with E-state index in [4.69, 9.17) is 25.8 Å². The molecule has 0 saturated heterocycles. The molecular formula is C38H44ClN3O6S. The van der Waals surface area contributed by atoms with Crippen molar-refractivity contribution in [2.45, 2.75) is 68.0 Å². The van der Waals surface area contributed by atoms with E-state index in [1.54, 1.807) is 19.2 Å². The second-order valence-corrected chi connectivity index (χ2v) is 16.5. The molecule has 2 aromatic carbocycles. The zero-order valence-corrected chi connectivity index (χ0v) is 29.7. The first-order valence-corrected chi connectivity index (χ1v) is 19.3. The largest absolute Gasteiger partial charge is 0.490 e. The van der Waals surface area contributed by atoms with Crippen LogP contribution in [0.5, 0.6) is 5.75 Å². The zero-order chi connectivity index (χ0) is 34.2. The Labute approximate surface area is 293 Å². The van der Waals surface area contributed by atoms with E-state index in [2.05, 4.69) is 33.1 Å². The molecule has 49 heavy (non-hydrogen) atoms. The van der Waals surface area contributed by atoms with Gasteiger partial charge in [0.05, 0.1) is 36.8 Å². The highest BCUT2D eigenvalue weighted by atomic mass is 35.5. The Kier molecular flexibility index (Phi) is 9.74. The van der Waals surface area contributed by atoms with E-state index >= 15 is 0 Å². The summed E-state index contributed by atoms with van der Waals surface area (Å²) in [6.45, 7) is 2.13. The Morgan fingerprint density at radius 2 is 1.94 bits per heavy atom. The molecule has 4 aliphatic rings. The Morgan fingerprint density at radius 3 is 2.65 bits per heavy atom. The first-order chi connectivity index (χ1) is 23.7. The molecule has 9 nitrogen and oxygen atoms in total. The second-order valence-electron chi connectivity index (χ2n) is 14.2. The van der Waals surface area contributed by atoms with E-state index in [0.29, 0.717) is 30.4 Å². The van der Waals surface area contributed by atoms with E-state index in [1.807, 2.05) is 18.2 Å². The van der Waals surface area contributed by atoms with Crippen molar-refractivity contribution in [2.75, 3.05) is 44.6 Å². The van der Waals surface area contributed by atoms with Crippen LogP contribution in [-0.2, 0) is 31.1 Å². The molecule has 1 fully saturated rings. The maximum Gasteiger partial charge on any atom is 0.337 e. The summed E-state index contributed by atoms with van der Waals surface area (Å²) in [5, 5.41) is 0.657. The number of hydrogen-bond donors (Lipinski definition) is 0. The van der Waals surface area contributed by atoms with E-state index in [1.165, 1.54) is 36.2 Å². The van der Waals surface area contributed by atoms with E-state index in [9.17, 15) is 13.2 Å². The molecule has 1 unspecified atom stereocenters. The SMILES string of the molecule is COC(=O)c1ccc2c(c1)N(C[C@@H]1CC[C@H]1[C@@H](OC)C1=CC[C@H](CS(=O)(=O)c3ncccn3)CC1)CC1(CCCc3cc(Cl)ccc31)CO2. The number of hydrogen-bond acceptors (Lipinski definition) is 9. The first kappa shape index (κ1) is 34.0. The number of sulfone groups is 1. The van der Waals surface area contributed by atoms with E-state index < -0.39 is 9.84 Å². The van der Waals surface area contributed by atoms with Crippen molar-refractivity contribution in [1.29, 1.82) is 0 Å². The molecule has 5 atom stereocenters. The molecule has 0 N–H and O–H groups in total. The lowest BCUT2D eigenvalue weighted by molar-refractivity contribution is 0.00323. The number of esters is 1. The number of allylic oxidation sites excluding steroid dienone is 1. The minimum Gasteiger partial charge on any atom is -0.490 e. The molecule has 260 valence electrons. The predicted molar refractivity (Wildman–Crippen MR) is 188 cm³/mol. The van der Waals surface area contributed by atoms with E-state index in [0.717, 1.165) is 74.5 Å². The highest BCUT2D eigenvalue weighted by Crippen LogP contribution is 2.48. The molecular weight excluding hydrogens is 662 g/mol. The Hall–Kier alpha value is -3.47. The topological polar surface area (TPSA) is 108 Å². The summed E-state index contributed by atoms with van der Waals surface area (Å²) in [7, 11) is -0.343. The normalized spacial score (nSPS) is 25.6. The van der Waals surface area contributed by atoms with Crippen LogP contribution >= 0.6 is 11.6 Å². The number of aryl methyl sites for hydroxylation is 1. The summed E-state index contributed by atoms with van der Waals surface area (Å²) in [4.78, 5) is 23.0. The number of carbonyl (C=O) groups excluding carboxylic acids is 1. The quantitative estimate of drug-likeness (QED) is 0.138. The van der Waals surface area contributed by atoms with Gasteiger partial charge in [-0.3, -0.25) is 0 Å². The number of carbonyl (C=O) groups is 1. The molecule has 1 aromatic heterocycles. The Balaban J connectivity index is 1.12. The van der Waals surface area contributed by atoms with Crippen LogP contribution < -0.4 is 9.64 Å². The van der Waals surface area contributed by atoms with Gasteiger partial charge >= 0.3 is 5.97 Å². The molecule has 3 aliphatic carbocycles. The van der Waals surface area contributed by atoms with Gasteiger partial charge in [-0.15, -0.1) is 0 Å². The van der Waals surface area contributed by atoms with Gasteiger partial charge in [-0.05, 0) is 122 Å². The number of nitrogens with zero attached hydrogens (tertiary/aromatic N) is 3. The van der Waals surface area contributed by atoms with Gasteiger partial charge < -0.3 is 19.1 Å². The van der Waals surface area contributed by atoms with Crippen molar-refractivity contribution in [3.63, 3.8) is 0 Å². The third kappa shape index (κ3) is 6.84. The lowest BCUT2D eigenvalue weighted by atomic mass is 9.66. The van der Waals surface area contributed by atoms with Gasteiger partial charge in [0.2, 0.25) is 15.0 Å². The standard InChI is InChI=1S/C38H44ClN3O6S/c1-46-35(26-8-6-25(7-9-26)22-49(44,45)37-40-17-4-18-41-37)31-13-10-29(31)21-42-23-38(16-3-5-27-19-30(39)12-14-32(27)38)24-48-34-15-11-28(20-33(34)42)36(43)47-2/h4,8,11-12,14-15,17-20,25,29,31,35H,3,5-7,9-10,13,16,21-24H2,1-2H3/t25-,29-,31+,35-,38?/m0/s1. The molecule has 11 heteroatoms. The van der Waals surface area contributed by atoms with Crippen LogP contribution in [0.25, 0.3) is 0 Å².